The van der Waals surface area contributed by atoms with Crippen LogP contribution in [0.5, 0.6) is 0 Å². The first kappa shape index (κ1) is 18.8. The first-order valence-corrected chi connectivity index (χ1v) is 9.39. The Morgan fingerprint density at radius 1 is 1.35 bits per heavy atom. The third kappa shape index (κ3) is 4.62. The fourth-order valence-corrected chi connectivity index (χ4v) is 3.87. The van der Waals surface area contributed by atoms with Crippen LogP contribution in [-0.2, 0) is 20.7 Å². The molecule has 1 aromatic rings. The van der Waals surface area contributed by atoms with Crippen LogP contribution in [0, 0.1) is 6.92 Å². The lowest BCUT2D eigenvalue weighted by atomic mass is 10.1. The Morgan fingerprint density at radius 3 is 2.77 bits per heavy atom. The summed E-state index contributed by atoms with van der Waals surface area (Å²) in [5, 5.41) is 9.78. The molecule has 1 aromatic heterocycles. The number of aryl methyl sites for hydroxylation is 1. The maximum atomic E-state index is 12.5. The quantitative estimate of drug-likeness (QED) is 0.758. The van der Waals surface area contributed by atoms with E-state index in [2.05, 4.69) is 20.7 Å². The van der Waals surface area contributed by atoms with Crippen LogP contribution in [0.1, 0.15) is 37.6 Å². The number of aromatic nitrogens is 1. The van der Waals surface area contributed by atoms with E-state index in [1.807, 2.05) is 13.8 Å². The van der Waals surface area contributed by atoms with Crippen LogP contribution in [0.3, 0.4) is 0 Å². The number of hydrogen-bond acceptors (Lipinski definition) is 6. The zero-order valence-corrected chi connectivity index (χ0v) is 15.5. The fraction of sp³-hybridized carbons (Fsp3) is 0.722. The first-order valence-electron chi connectivity index (χ1n) is 9.39. The minimum atomic E-state index is -0.198. The van der Waals surface area contributed by atoms with Gasteiger partial charge in [0.2, 0.25) is 11.8 Å². The van der Waals surface area contributed by atoms with Gasteiger partial charge < -0.3 is 19.9 Å². The predicted molar refractivity (Wildman–Crippen MR) is 94.5 cm³/mol. The Bertz CT molecular complexity index is 626. The Kier molecular flexibility index (Phi) is 6.26. The fourth-order valence-electron chi connectivity index (χ4n) is 3.87. The highest BCUT2D eigenvalue weighted by molar-refractivity contribution is 5.83. The highest BCUT2D eigenvalue weighted by atomic mass is 16.5. The van der Waals surface area contributed by atoms with Crippen molar-refractivity contribution in [2.75, 3.05) is 26.3 Å². The van der Waals surface area contributed by atoms with Crippen molar-refractivity contribution in [3.8, 4) is 0 Å². The van der Waals surface area contributed by atoms with Crippen molar-refractivity contribution < 1.29 is 18.8 Å². The number of likely N-dealkylation sites (N-methyl/N-ethyl adjacent to an activating group) is 1. The molecule has 2 aliphatic rings. The summed E-state index contributed by atoms with van der Waals surface area (Å²) in [6.45, 7) is 6.50. The van der Waals surface area contributed by atoms with Gasteiger partial charge in [0.05, 0.1) is 18.2 Å². The van der Waals surface area contributed by atoms with Crippen LogP contribution in [0.2, 0.25) is 0 Å². The number of nitrogens with zero attached hydrogens (tertiary/aromatic N) is 2. The maximum absolute atomic E-state index is 12.5. The first-order chi connectivity index (χ1) is 12.6. The number of nitrogens with one attached hydrogen (secondary N) is 2. The van der Waals surface area contributed by atoms with Crippen molar-refractivity contribution in [1.29, 1.82) is 0 Å². The molecule has 2 saturated heterocycles. The molecule has 0 radical (unpaired) electrons. The molecule has 0 aromatic carbocycles. The molecule has 0 saturated carbocycles. The summed E-state index contributed by atoms with van der Waals surface area (Å²) in [5.41, 5.74) is 0.760. The average Bonchev–Trinajstić information content (AvgIpc) is 3.22. The van der Waals surface area contributed by atoms with E-state index < -0.39 is 0 Å². The summed E-state index contributed by atoms with van der Waals surface area (Å²) in [6.07, 6.45) is 2.65. The second-order valence-corrected chi connectivity index (χ2v) is 7.06. The molecule has 0 spiro atoms. The van der Waals surface area contributed by atoms with Gasteiger partial charge in [-0.1, -0.05) is 5.16 Å². The molecular weight excluding hydrogens is 336 g/mol. The van der Waals surface area contributed by atoms with E-state index in [4.69, 9.17) is 9.26 Å². The summed E-state index contributed by atoms with van der Waals surface area (Å²) in [5.74, 6) is 0.496. The number of likely N-dealkylation sites (tertiary alicyclic amines) is 1. The van der Waals surface area contributed by atoms with Crippen molar-refractivity contribution in [2.45, 2.75) is 57.7 Å². The highest BCUT2D eigenvalue weighted by Gasteiger charge is 2.41. The van der Waals surface area contributed by atoms with Crippen LogP contribution >= 0.6 is 0 Å². The number of carbonyl (C=O) groups excluding carboxylic acids is 2. The summed E-state index contributed by atoms with van der Waals surface area (Å²) in [4.78, 5) is 27.1. The second kappa shape index (κ2) is 8.64. The van der Waals surface area contributed by atoms with Crippen LogP contribution in [0.15, 0.2) is 10.6 Å². The van der Waals surface area contributed by atoms with Gasteiger partial charge in [-0.3, -0.25) is 14.5 Å². The Morgan fingerprint density at radius 2 is 2.12 bits per heavy atom. The lowest BCUT2D eigenvalue weighted by Gasteiger charge is -2.34. The molecular formula is C18H28N4O4. The smallest absolute Gasteiger partial charge is 0.237 e. The molecule has 3 rings (SSSR count). The number of hydrogen-bond donors (Lipinski definition) is 2. The van der Waals surface area contributed by atoms with Gasteiger partial charge in [-0.05, 0) is 33.1 Å². The van der Waals surface area contributed by atoms with Crippen molar-refractivity contribution in [1.82, 2.24) is 20.7 Å². The van der Waals surface area contributed by atoms with E-state index in [0.29, 0.717) is 31.3 Å². The Labute approximate surface area is 153 Å². The molecule has 2 aliphatic heterocycles. The second-order valence-electron chi connectivity index (χ2n) is 7.06. The molecule has 0 aliphatic carbocycles. The monoisotopic (exact) mass is 364 g/mol. The molecule has 0 bridgehead atoms. The van der Waals surface area contributed by atoms with Gasteiger partial charge in [0, 0.05) is 44.5 Å². The lowest BCUT2D eigenvalue weighted by Crippen LogP contribution is -2.49. The SMILES string of the molecule is CCNC(=O)C1CC(NC(=O)Cc2cc(C)no2)CN1C1CCOCC1. The molecule has 2 N–H and O–H groups in total. The third-order valence-electron chi connectivity index (χ3n) is 5.03. The van der Waals surface area contributed by atoms with E-state index in [9.17, 15) is 9.59 Å². The summed E-state index contributed by atoms with van der Waals surface area (Å²) in [7, 11) is 0. The van der Waals surface area contributed by atoms with Crippen molar-refractivity contribution >= 4 is 11.8 Å². The normalized spacial score (nSPS) is 24.5. The van der Waals surface area contributed by atoms with Gasteiger partial charge in [0.1, 0.15) is 5.76 Å². The van der Waals surface area contributed by atoms with E-state index in [1.54, 1.807) is 6.07 Å². The molecule has 3 heterocycles. The largest absolute Gasteiger partial charge is 0.381 e. The molecule has 2 atom stereocenters. The van der Waals surface area contributed by atoms with Gasteiger partial charge in [-0.25, -0.2) is 0 Å². The van der Waals surface area contributed by atoms with Gasteiger partial charge in [-0.15, -0.1) is 0 Å². The van der Waals surface area contributed by atoms with Crippen LogP contribution in [0.25, 0.3) is 0 Å². The van der Waals surface area contributed by atoms with E-state index in [0.717, 1.165) is 31.7 Å². The third-order valence-corrected chi connectivity index (χ3v) is 5.03. The minimum absolute atomic E-state index is 0.0398. The van der Waals surface area contributed by atoms with Crippen molar-refractivity contribution in [2.24, 2.45) is 0 Å². The molecule has 144 valence electrons. The molecule has 8 heteroatoms. The van der Waals surface area contributed by atoms with E-state index >= 15 is 0 Å². The predicted octanol–water partition coefficient (Wildman–Crippen LogP) is 0.400. The minimum Gasteiger partial charge on any atom is -0.381 e. The molecule has 2 unspecified atom stereocenters. The van der Waals surface area contributed by atoms with Gasteiger partial charge in [0.25, 0.3) is 0 Å². The Hall–Kier alpha value is -1.93. The molecule has 2 fully saturated rings. The zero-order chi connectivity index (χ0) is 18.5. The number of amides is 2. The zero-order valence-electron chi connectivity index (χ0n) is 15.5. The standard InChI is InChI=1S/C18H28N4O4/c1-3-19-18(24)16-9-13(11-22(16)14-4-6-25-7-5-14)20-17(23)10-15-8-12(2)21-26-15/h8,13-14,16H,3-7,9-11H2,1-2H3,(H,19,24)(H,20,23). The van der Waals surface area contributed by atoms with Crippen molar-refractivity contribution in [3.05, 3.63) is 17.5 Å². The summed E-state index contributed by atoms with van der Waals surface area (Å²) < 4.78 is 10.6. The Balaban J connectivity index is 1.60. The maximum Gasteiger partial charge on any atom is 0.237 e. The molecule has 26 heavy (non-hydrogen) atoms. The molecule has 2 amide bonds. The highest BCUT2D eigenvalue weighted by Crippen LogP contribution is 2.26. The van der Waals surface area contributed by atoms with E-state index in [1.165, 1.54) is 0 Å². The number of ether oxygens (including phenoxy) is 1. The summed E-state index contributed by atoms with van der Waals surface area (Å²) in [6, 6.07) is 1.85. The van der Waals surface area contributed by atoms with Crippen molar-refractivity contribution in [3.63, 3.8) is 0 Å². The van der Waals surface area contributed by atoms with Gasteiger partial charge in [0.15, 0.2) is 0 Å². The van der Waals surface area contributed by atoms with E-state index in [-0.39, 0.29) is 30.3 Å². The van der Waals surface area contributed by atoms with Gasteiger partial charge >= 0.3 is 0 Å². The number of rotatable bonds is 6. The van der Waals surface area contributed by atoms with Crippen LogP contribution < -0.4 is 10.6 Å². The number of carbonyl (C=O) groups is 2. The van der Waals surface area contributed by atoms with Crippen LogP contribution in [0.4, 0.5) is 0 Å². The van der Waals surface area contributed by atoms with Crippen LogP contribution in [-0.4, -0.2) is 66.3 Å². The lowest BCUT2D eigenvalue weighted by molar-refractivity contribution is -0.127. The topological polar surface area (TPSA) is 96.7 Å². The van der Waals surface area contributed by atoms with Gasteiger partial charge in [-0.2, -0.15) is 0 Å². The summed E-state index contributed by atoms with van der Waals surface area (Å²) >= 11 is 0. The average molecular weight is 364 g/mol. The molecule has 8 nitrogen and oxygen atoms in total.